The molecule has 2 fully saturated rings. The van der Waals surface area contributed by atoms with Crippen molar-refractivity contribution in [2.75, 3.05) is 33.8 Å². The summed E-state index contributed by atoms with van der Waals surface area (Å²) in [7, 11) is 3.68. The zero-order chi connectivity index (χ0) is 11.6. The average Bonchev–Trinajstić information content (AvgIpc) is 3.07. The smallest absolute Gasteiger partial charge is 0.122 e. The molecule has 1 saturated carbocycles. The van der Waals surface area contributed by atoms with Crippen molar-refractivity contribution >= 4 is 0 Å². The zero-order valence-electron chi connectivity index (χ0n) is 10.2. The molecule has 0 aromatic rings. The Morgan fingerprint density at radius 2 is 2.25 bits per heavy atom. The molecule has 1 aliphatic carbocycles. The molecule has 0 bridgehead atoms. The molecule has 1 N–H and O–H groups in total. The summed E-state index contributed by atoms with van der Waals surface area (Å²) >= 11 is 0. The molecule has 90 valence electrons. The van der Waals surface area contributed by atoms with Crippen molar-refractivity contribution in [2.24, 2.45) is 5.92 Å². The number of ether oxygens (including phenoxy) is 1. The van der Waals surface area contributed by atoms with E-state index in [-0.39, 0.29) is 5.54 Å². The van der Waals surface area contributed by atoms with Gasteiger partial charge in [0.05, 0.1) is 12.2 Å². The van der Waals surface area contributed by atoms with E-state index >= 15 is 0 Å². The molecule has 16 heavy (non-hydrogen) atoms. The molecular formula is C12H21N3O. The summed E-state index contributed by atoms with van der Waals surface area (Å²) in [6.07, 6.45) is 3.82. The molecule has 0 aromatic heterocycles. The van der Waals surface area contributed by atoms with E-state index in [1.807, 2.05) is 7.05 Å². The molecule has 2 aliphatic rings. The molecule has 1 aliphatic heterocycles. The van der Waals surface area contributed by atoms with Crippen LogP contribution in [0.25, 0.3) is 0 Å². The molecule has 0 aromatic carbocycles. The van der Waals surface area contributed by atoms with Crippen LogP contribution in [0.1, 0.15) is 19.3 Å². The van der Waals surface area contributed by atoms with Crippen LogP contribution < -0.4 is 5.32 Å². The summed E-state index contributed by atoms with van der Waals surface area (Å²) in [4.78, 5) is 2.35. The van der Waals surface area contributed by atoms with Crippen LogP contribution >= 0.6 is 0 Å². The fraction of sp³-hybridized carbons (Fsp3) is 0.917. The largest absolute Gasteiger partial charge is 0.380 e. The van der Waals surface area contributed by atoms with Crippen LogP contribution in [0.5, 0.6) is 0 Å². The van der Waals surface area contributed by atoms with Gasteiger partial charge in [-0.25, -0.2) is 0 Å². The average molecular weight is 223 g/mol. The Labute approximate surface area is 97.6 Å². The topological polar surface area (TPSA) is 48.3 Å². The Morgan fingerprint density at radius 1 is 1.50 bits per heavy atom. The van der Waals surface area contributed by atoms with E-state index in [1.165, 1.54) is 12.8 Å². The maximum atomic E-state index is 9.40. The minimum atomic E-state index is -0.331. The molecule has 4 nitrogen and oxygen atoms in total. The lowest BCUT2D eigenvalue weighted by molar-refractivity contribution is 0.104. The first kappa shape index (κ1) is 11.8. The van der Waals surface area contributed by atoms with E-state index < -0.39 is 0 Å². The van der Waals surface area contributed by atoms with Crippen molar-refractivity contribution in [3.05, 3.63) is 0 Å². The highest BCUT2D eigenvalue weighted by atomic mass is 16.5. The molecule has 2 rings (SSSR count). The number of rotatable bonds is 5. The van der Waals surface area contributed by atoms with E-state index in [9.17, 15) is 5.26 Å². The number of methoxy groups -OCH3 is 1. The van der Waals surface area contributed by atoms with Gasteiger partial charge in [0, 0.05) is 26.7 Å². The third-order valence-electron chi connectivity index (χ3n) is 3.96. The van der Waals surface area contributed by atoms with E-state index in [1.54, 1.807) is 7.11 Å². The van der Waals surface area contributed by atoms with Gasteiger partial charge in [0.1, 0.15) is 5.54 Å². The predicted octanol–water partition coefficient (Wildman–Crippen LogP) is 0.599. The van der Waals surface area contributed by atoms with Crippen molar-refractivity contribution in [1.82, 2.24) is 10.2 Å². The Bertz CT molecular complexity index is 284. The molecule has 4 heteroatoms. The number of nitrogens with zero attached hydrogens (tertiary/aromatic N) is 2. The lowest BCUT2D eigenvalue weighted by Gasteiger charge is -2.31. The lowest BCUT2D eigenvalue weighted by atomic mass is 9.94. The standard InChI is InChI=1S/C12H21N3O/c1-14-12(8-13,10-3-4-10)9-15-6-5-11(7-15)16-2/h10-11,14H,3-7,9H2,1-2H3. The van der Waals surface area contributed by atoms with Crippen LogP contribution in [0.15, 0.2) is 0 Å². The maximum absolute atomic E-state index is 9.40. The van der Waals surface area contributed by atoms with Crippen LogP contribution in [0.2, 0.25) is 0 Å². The van der Waals surface area contributed by atoms with Crippen molar-refractivity contribution in [2.45, 2.75) is 30.9 Å². The number of nitriles is 1. The Balaban J connectivity index is 1.94. The van der Waals surface area contributed by atoms with Gasteiger partial charge >= 0.3 is 0 Å². The number of likely N-dealkylation sites (N-methyl/N-ethyl adjacent to an activating group) is 1. The Hall–Kier alpha value is -0.630. The van der Waals surface area contributed by atoms with Gasteiger partial charge in [-0.1, -0.05) is 0 Å². The fourth-order valence-electron chi connectivity index (χ4n) is 2.66. The highest BCUT2D eigenvalue weighted by molar-refractivity contribution is 5.16. The SMILES string of the molecule is CNC(C#N)(CN1CCC(OC)C1)C1CC1. The normalized spacial score (nSPS) is 29.9. The van der Waals surface area contributed by atoms with Crippen molar-refractivity contribution < 1.29 is 4.74 Å². The highest BCUT2D eigenvalue weighted by Gasteiger charge is 2.46. The molecule has 0 amide bonds. The first-order chi connectivity index (χ1) is 7.74. The van der Waals surface area contributed by atoms with E-state index in [0.717, 1.165) is 26.1 Å². The van der Waals surface area contributed by atoms with Crippen LogP contribution in [-0.2, 0) is 4.74 Å². The van der Waals surface area contributed by atoms with Gasteiger partial charge in [-0.2, -0.15) is 5.26 Å². The molecule has 1 saturated heterocycles. The summed E-state index contributed by atoms with van der Waals surface area (Å²) in [6.45, 7) is 2.86. The fourth-order valence-corrected chi connectivity index (χ4v) is 2.66. The van der Waals surface area contributed by atoms with Crippen molar-refractivity contribution in [3.8, 4) is 6.07 Å². The van der Waals surface area contributed by atoms with E-state index in [4.69, 9.17) is 4.74 Å². The number of hydrogen-bond donors (Lipinski definition) is 1. The molecule has 0 radical (unpaired) electrons. The highest BCUT2D eigenvalue weighted by Crippen LogP contribution is 2.40. The second kappa shape index (κ2) is 4.70. The van der Waals surface area contributed by atoms with Gasteiger partial charge in [-0.3, -0.25) is 4.90 Å². The monoisotopic (exact) mass is 223 g/mol. The Kier molecular flexibility index (Phi) is 3.48. The summed E-state index contributed by atoms with van der Waals surface area (Å²) in [5, 5.41) is 12.6. The summed E-state index contributed by atoms with van der Waals surface area (Å²) in [6, 6.07) is 2.49. The van der Waals surface area contributed by atoms with Crippen LogP contribution in [-0.4, -0.2) is 50.3 Å². The van der Waals surface area contributed by atoms with Crippen LogP contribution in [0.3, 0.4) is 0 Å². The zero-order valence-corrected chi connectivity index (χ0v) is 10.2. The third-order valence-corrected chi connectivity index (χ3v) is 3.96. The van der Waals surface area contributed by atoms with Crippen LogP contribution in [0.4, 0.5) is 0 Å². The summed E-state index contributed by atoms with van der Waals surface area (Å²) in [5.74, 6) is 0.545. The summed E-state index contributed by atoms with van der Waals surface area (Å²) in [5.41, 5.74) is -0.331. The third kappa shape index (κ3) is 2.22. The first-order valence-electron chi connectivity index (χ1n) is 6.09. The maximum Gasteiger partial charge on any atom is 0.122 e. The molecule has 1 heterocycles. The molecular weight excluding hydrogens is 202 g/mol. The predicted molar refractivity (Wildman–Crippen MR) is 62.0 cm³/mol. The molecule has 2 atom stereocenters. The van der Waals surface area contributed by atoms with Gasteiger partial charge in [0.2, 0.25) is 0 Å². The number of hydrogen-bond acceptors (Lipinski definition) is 4. The van der Waals surface area contributed by atoms with Crippen LogP contribution in [0, 0.1) is 17.2 Å². The first-order valence-corrected chi connectivity index (χ1v) is 6.09. The van der Waals surface area contributed by atoms with E-state index in [0.29, 0.717) is 12.0 Å². The van der Waals surface area contributed by atoms with Gasteiger partial charge in [0.25, 0.3) is 0 Å². The van der Waals surface area contributed by atoms with Gasteiger partial charge in [0.15, 0.2) is 0 Å². The Morgan fingerprint density at radius 3 is 2.69 bits per heavy atom. The van der Waals surface area contributed by atoms with Gasteiger partial charge in [-0.15, -0.1) is 0 Å². The van der Waals surface area contributed by atoms with Gasteiger partial charge < -0.3 is 10.1 Å². The minimum Gasteiger partial charge on any atom is -0.380 e. The van der Waals surface area contributed by atoms with Crippen molar-refractivity contribution in [3.63, 3.8) is 0 Å². The lowest BCUT2D eigenvalue weighted by Crippen LogP contribution is -2.52. The van der Waals surface area contributed by atoms with Crippen molar-refractivity contribution in [1.29, 1.82) is 5.26 Å². The van der Waals surface area contributed by atoms with Gasteiger partial charge in [-0.05, 0) is 32.2 Å². The van der Waals surface area contributed by atoms with E-state index in [2.05, 4.69) is 16.3 Å². The minimum absolute atomic E-state index is 0.331. The number of nitrogens with one attached hydrogen (secondary N) is 1. The second-order valence-corrected chi connectivity index (χ2v) is 4.99. The number of likely N-dealkylation sites (tertiary alicyclic amines) is 1. The second-order valence-electron chi connectivity index (χ2n) is 4.99. The summed E-state index contributed by atoms with van der Waals surface area (Å²) < 4.78 is 5.35. The quantitative estimate of drug-likeness (QED) is 0.741. The molecule has 2 unspecified atom stereocenters. The molecule has 0 spiro atoms.